The highest BCUT2D eigenvalue weighted by molar-refractivity contribution is 5.83. The SMILES string of the molecule is Cc1c(N)ccc(CCCc2c[nH]c3ccccc23)c1C. The van der Waals surface area contributed by atoms with E-state index in [1.807, 2.05) is 6.07 Å². The zero-order chi connectivity index (χ0) is 14.8. The van der Waals surface area contributed by atoms with Gasteiger partial charge in [-0.1, -0.05) is 24.3 Å². The van der Waals surface area contributed by atoms with Crippen LogP contribution in [0.15, 0.2) is 42.6 Å². The summed E-state index contributed by atoms with van der Waals surface area (Å²) in [5.74, 6) is 0. The van der Waals surface area contributed by atoms with Gasteiger partial charge >= 0.3 is 0 Å². The normalized spacial score (nSPS) is 11.1. The molecule has 3 rings (SSSR count). The maximum Gasteiger partial charge on any atom is 0.0456 e. The first kappa shape index (κ1) is 13.7. The van der Waals surface area contributed by atoms with Gasteiger partial charge < -0.3 is 10.7 Å². The molecule has 0 amide bonds. The van der Waals surface area contributed by atoms with E-state index in [1.54, 1.807) is 0 Å². The average Bonchev–Trinajstić information content (AvgIpc) is 2.91. The van der Waals surface area contributed by atoms with Crippen LogP contribution in [0.2, 0.25) is 0 Å². The Labute approximate surface area is 126 Å². The maximum atomic E-state index is 5.95. The summed E-state index contributed by atoms with van der Waals surface area (Å²) in [4.78, 5) is 3.35. The minimum Gasteiger partial charge on any atom is -0.399 e. The summed E-state index contributed by atoms with van der Waals surface area (Å²) in [5.41, 5.74) is 13.5. The number of para-hydroxylation sites is 1. The molecule has 0 spiro atoms. The van der Waals surface area contributed by atoms with Crippen molar-refractivity contribution >= 4 is 16.6 Å². The second-order valence-electron chi connectivity index (χ2n) is 5.78. The van der Waals surface area contributed by atoms with Crippen molar-refractivity contribution < 1.29 is 0 Å². The molecule has 0 fully saturated rings. The lowest BCUT2D eigenvalue weighted by Gasteiger charge is -2.10. The molecule has 0 aliphatic heterocycles. The number of hydrogen-bond acceptors (Lipinski definition) is 1. The average molecular weight is 278 g/mol. The zero-order valence-electron chi connectivity index (χ0n) is 12.7. The van der Waals surface area contributed by atoms with E-state index in [-0.39, 0.29) is 0 Å². The van der Waals surface area contributed by atoms with Gasteiger partial charge in [0.15, 0.2) is 0 Å². The molecule has 3 N–H and O–H groups in total. The molecule has 0 bridgehead atoms. The van der Waals surface area contributed by atoms with E-state index in [0.717, 1.165) is 24.9 Å². The molecule has 108 valence electrons. The summed E-state index contributed by atoms with van der Waals surface area (Å²) in [6, 6.07) is 12.7. The minimum atomic E-state index is 0.896. The molecule has 3 aromatic rings. The van der Waals surface area contributed by atoms with E-state index in [4.69, 9.17) is 5.73 Å². The fourth-order valence-electron chi connectivity index (χ4n) is 2.98. The Morgan fingerprint density at radius 1 is 0.905 bits per heavy atom. The first-order valence-corrected chi connectivity index (χ1v) is 7.56. The number of aromatic amines is 1. The first-order chi connectivity index (χ1) is 10.2. The summed E-state index contributed by atoms with van der Waals surface area (Å²) in [7, 11) is 0. The van der Waals surface area contributed by atoms with Crippen molar-refractivity contribution in [3.63, 3.8) is 0 Å². The topological polar surface area (TPSA) is 41.8 Å². The largest absolute Gasteiger partial charge is 0.399 e. The number of H-pyrrole nitrogens is 1. The maximum absolute atomic E-state index is 5.95. The van der Waals surface area contributed by atoms with Crippen molar-refractivity contribution in [2.24, 2.45) is 0 Å². The molecule has 0 saturated carbocycles. The van der Waals surface area contributed by atoms with Crippen molar-refractivity contribution in [3.05, 3.63) is 64.8 Å². The molecule has 1 heterocycles. The van der Waals surface area contributed by atoms with Gasteiger partial charge in [0, 0.05) is 22.8 Å². The number of aryl methyl sites for hydroxylation is 2. The van der Waals surface area contributed by atoms with Gasteiger partial charge in [0.1, 0.15) is 0 Å². The molecule has 21 heavy (non-hydrogen) atoms. The minimum absolute atomic E-state index is 0.896. The van der Waals surface area contributed by atoms with Gasteiger partial charge in [-0.2, -0.15) is 0 Å². The van der Waals surface area contributed by atoms with Crippen LogP contribution >= 0.6 is 0 Å². The number of nitrogens with two attached hydrogens (primary N) is 1. The third-order valence-electron chi connectivity index (χ3n) is 4.51. The van der Waals surface area contributed by atoms with Crippen LogP contribution in [0.25, 0.3) is 10.9 Å². The Bertz CT molecular complexity index is 768. The molecule has 1 aromatic heterocycles. The van der Waals surface area contributed by atoms with E-state index in [2.05, 4.69) is 55.4 Å². The van der Waals surface area contributed by atoms with Crippen molar-refractivity contribution in [2.75, 3.05) is 5.73 Å². The molecule has 0 radical (unpaired) electrons. The molecule has 0 atom stereocenters. The van der Waals surface area contributed by atoms with E-state index >= 15 is 0 Å². The molecular formula is C19H22N2. The fourth-order valence-corrected chi connectivity index (χ4v) is 2.98. The Morgan fingerprint density at radius 3 is 2.52 bits per heavy atom. The third kappa shape index (κ3) is 2.66. The molecule has 0 aliphatic rings. The van der Waals surface area contributed by atoms with Crippen LogP contribution in [0.1, 0.15) is 28.7 Å². The highest BCUT2D eigenvalue weighted by Gasteiger charge is 2.06. The van der Waals surface area contributed by atoms with Crippen molar-refractivity contribution in [2.45, 2.75) is 33.1 Å². The van der Waals surface area contributed by atoms with Gasteiger partial charge in [0.05, 0.1) is 0 Å². The second-order valence-corrected chi connectivity index (χ2v) is 5.78. The molecule has 2 heteroatoms. The molecular weight excluding hydrogens is 256 g/mol. The zero-order valence-corrected chi connectivity index (χ0v) is 12.7. The lowest BCUT2D eigenvalue weighted by Crippen LogP contribution is -1.98. The number of benzene rings is 2. The Morgan fingerprint density at radius 2 is 1.67 bits per heavy atom. The van der Waals surface area contributed by atoms with Crippen LogP contribution in [-0.2, 0) is 12.8 Å². The molecule has 2 aromatic carbocycles. The first-order valence-electron chi connectivity index (χ1n) is 7.56. The van der Waals surface area contributed by atoms with Gasteiger partial charge in [-0.15, -0.1) is 0 Å². The number of fused-ring (bicyclic) bond motifs is 1. The van der Waals surface area contributed by atoms with Gasteiger partial charge in [-0.25, -0.2) is 0 Å². The van der Waals surface area contributed by atoms with E-state index < -0.39 is 0 Å². The Kier molecular flexibility index (Phi) is 3.70. The van der Waals surface area contributed by atoms with E-state index in [0.29, 0.717) is 0 Å². The summed E-state index contributed by atoms with van der Waals surface area (Å²) in [6.07, 6.45) is 5.51. The second kappa shape index (κ2) is 5.65. The van der Waals surface area contributed by atoms with Crippen LogP contribution in [0.4, 0.5) is 5.69 Å². The smallest absolute Gasteiger partial charge is 0.0456 e. The summed E-state index contributed by atoms with van der Waals surface area (Å²) in [6.45, 7) is 4.28. The van der Waals surface area contributed by atoms with Crippen LogP contribution in [0.5, 0.6) is 0 Å². The summed E-state index contributed by atoms with van der Waals surface area (Å²) in [5, 5.41) is 1.35. The highest BCUT2D eigenvalue weighted by atomic mass is 14.7. The number of rotatable bonds is 4. The number of hydrogen-bond donors (Lipinski definition) is 2. The predicted molar refractivity (Wildman–Crippen MR) is 90.7 cm³/mol. The van der Waals surface area contributed by atoms with Gasteiger partial charge in [-0.3, -0.25) is 0 Å². The van der Waals surface area contributed by atoms with Gasteiger partial charge in [0.25, 0.3) is 0 Å². The summed E-state index contributed by atoms with van der Waals surface area (Å²) >= 11 is 0. The number of aromatic nitrogens is 1. The Hall–Kier alpha value is -2.22. The lowest BCUT2D eigenvalue weighted by molar-refractivity contribution is 0.819. The number of nitrogens with one attached hydrogen (secondary N) is 1. The highest BCUT2D eigenvalue weighted by Crippen LogP contribution is 2.23. The van der Waals surface area contributed by atoms with Crippen LogP contribution in [0, 0.1) is 13.8 Å². The van der Waals surface area contributed by atoms with E-state index in [9.17, 15) is 0 Å². The monoisotopic (exact) mass is 278 g/mol. The molecule has 0 saturated heterocycles. The fraction of sp³-hybridized carbons (Fsp3) is 0.263. The molecule has 0 aliphatic carbocycles. The van der Waals surface area contributed by atoms with Gasteiger partial charge in [-0.05, 0) is 67.5 Å². The van der Waals surface area contributed by atoms with E-state index in [1.165, 1.54) is 33.2 Å². The van der Waals surface area contributed by atoms with Gasteiger partial charge in [0.2, 0.25) is 0 Å². The van der Waals surface area contributed by atoms with Crippen LogP contribution in [0.3, 0.4) is 0 Å². The molecule has 2 nitrogen and oxygen atoms in total. The van der Waals surface area contributed by atoms with Crippen LogP contribution < -0.4 is 5.73 Å². The summed E-state index contributed by atoms with van der Waals surface area (Å²) < 4.78 is 0. The molecule has 0 unspecified atom stereocenters. The van der Waals surface area contributed by atoms with Crippen LogP contribution in [-0.4, -0.2) is 4.98 Å². The predicted octanol–water partition coefficient (Wildman–Crippen LogP) is 4.54. The van der Waals surface area contributed by atoms with Crippen molar-refractivity contribution in [1.82, 2.24) is 4.98 Å². The third-order valence-corrected chi connectivity index (χ3v) is 4.51. The Balaban J connectivity index is 1.70. The van der Waals surface area contributed by atoms with Crippen molar-refractivity contribution in [1.29, 1.82) is 0 Å². The standard InChI is InChI=1S/C19H22N2/c1-13-14(2)18(20)11-10-15(13)6-5-7-16-12-21-19-9-4-3-8-17(16)19/h3-4,8-12,21H,5-7,20H2,1-2H3. The number of nitrogen functional groups attached to an aromatic ring is 1. The lowest BCUT2D eigenvalue weighted by atomic mass is 9.96. The van der Waals surface area contributed by atoms with Crippen molar-refractivity contribution in [3.8, 4) is 0 Å². The number of anilines is 1. The quantitative estimate of drug-likeness (QED) is 0.676.